The molecule has 4 nitrogen and oxygen atoms in total. The second-order valence-corrected chi connectivity index (χ2v) is 18.7. The molecule has 0 aliphatic rings. The Bertz CT molecular complexity index is 3880. The summed E-state index contributed by atoms with van der Waals surface area (Å²) in [5.74, 6) is -0.724. The smallest absolute Gasteiger partial charge is 0.187 e. The van der Waals surface area contributed by atoms with E-state index >= 15 is 8.78 Å². The first kappa shape index (κ1) is 45.3. The number of halogens is 2. The lowest BCUT2D eigenvalue weighted by Crippen LogP contribution is -2.15. The van der Waals surface area contributed by atoms with Gasteiger partial charge in [-0.3, -0.25) is 0 Å². The highest BCUT2D eigenvalue weighted by Crippen LogP contribution is 2.50. The molecule has 0 amide bonds. The molecule has 12 aromatic rings. The number of para-hydroxylation sites is 2. The van der Waals surface area contributed by atoms with Crippen LogP contribution in [0.5, 0.6) is 0 Å². The van der Waals surface area contributed by atoms with Crippen LogP contribution in [0.4, 0.5) is 48.6 Å². The normalized spacial score (nSPS) is 11.2. The molecule has 0 unspecified atom stereocenters. The fourth-order valence-corrected chi connectivity index (χ4v) is 10.6. The van der Waals surface area contributed by atoms with E-state index in [1.165, 1.54) is 12.1 Å². The first-order valence-electron chi connectivity index (χ1n) is 24.4. The van der Waals surface area contributed by atoms with Gasteiger partial charge in [-0.1, -0.05) is 158 Å². The van der Waals surface area contributed by atoms with Gasteiger partial charge in [0, 0.05) is 22.1 Å². The van der Waals surface area contributed by atoms with Gasteiger partial charge < -0.3 is 9.80 Å². The second-order valence-electron chi connectivity index (χ2n) is 18.7. The van der Waals surface area contributed by atoms with Crippen LogP contribution in [0, 0.1) is 43.4 Å². The Morgan fingerprint density at radius 2 is 0.797 bits per heavy atom. The van der Waals surface area contributed by atoms with E-state index in [4.69, 9.17) is 6.57 Å². The van der Waals surface area contributed by atoms with E-state index in [0.717, 1.165) is 111 Å². The zero-order valence-electron chi connectivity index (χ0n) is 40.5. The predicted molar refractivity (Wildman–Crippen MR) is 302 cm³/mol. The molecule has 12 aromatic carbocycles. The molecule has 0 saturated carbocycles. The van der Waals surface area contributed by atoms with Crippen LogP contribution >= 0.6 is 0 Å². The number of nitriles is 1. The molecular weight excluding hydrogens is 911 g/mol. The molecule has 0 saturated heterocycles. The maximum Gasteiger partial charge on any atom is 0.187 e. The maximum absolute atomic E-state index is 16.9. The summed E-state index contributed by atoms with van der Waals surface area (Å²) in [4.78, 5) is 7.74. The monoisotopic (exact) mass is 954 g/mol. The topological polar surface area (TPSA) is 34.6 Å². The number of anilines is 6. The summed E-state index contributed by atoms with van der Waals surface area (Å²) in [6, 6.07) is 77.8. The zero-order valence-corrected chi connectivity index (χ0v) is 40.5. The number of nitrogens with zero attached hydrogens (tertiary/aromatic N) is 4. The highest BCUT2D eigenvalue weighted by atomic mass is 19.1. The van der Waals surface area contributed by atoms with Crippen LogP contribution in [0.1, 0.15) is 16.7 Å². The van der Waals surface area contributed by atoms with Crippen molar-refractivity contribution in [2.24, 2.45) is 0 Å². The Kier molecular flexibility index (Phi) is 11.4. The minimum atomic E-state index is -0.363. The van der Waals surface area contributed by atoms with Crippen LogP contribution in [0.15, 0.2) is 231 Å². The third-order valence-electron chi connectivity index (χ3n) is 14.2. The molecule has 0 aromatic heterocycles. The Balaban J connectivity index is 1.12. The SMILES string of the molecule is [C-]#[N+]c1ccc(-c2cc(-c3ccccc3)cc(N(c3c(C)cccc3F)c3ccc4ccc5c(N(c6cc(-c7ccccc7)cc(-c7ccc(C#N)cc7)c6)c6c(C)cccc6F)ccc6ccc3c4c65)c2)cc1. The van der Waals surface area contributed by atoms with Crippen LogP contribution < -0.4 is 9.80 Å². The van der Waals surface area contributed by atoms with Gasteiger partial charge in [0.15, 0.2) is 5.69 Å². The predicted octanol–water partition coefficient (Wildman–Crippen LogP) is 19.5. The number of rotatable bonds is 10. The summed E-state index contributed by atoms with van der Waals surface area (Å²) >= 11 is 0. The van der Waals surface area contributed by atoms with E-state index in [9.17, 15) is 5.26 Å². The largest absolute Gasteiger partial charge is 0.307 e. The molecule has 0 aliphatic heterocycles. The van der Waals surface area contributed by atoms with Gasteiger partial charge in [0.2, 0.25) is 0 Å². The minimum Gasteiger partial charge on any atom is -0.307 e. The van der Waals surface area contributed by atoms with Gasteiger partial charge in [0.25, 0.3) is 0 Å². The highest BCUT2D eigenvalue weighted by molar-refractivity contribution is 6.28. The van der Waals surface area contributed by atoms with Crippen molar-refractivity contribution in [2.75, 3.05) is 9.80 Å². The molecule has 0 N–H and O–H groups in total. The van der Waals surface area contributed by atoms with Crippen LogP contribution in [0.25, 0.3) is 81.7 Å². The molecule has 12 rings (SSSR count). The average Bonchev–Trinajstić information content (AvgIpc) is 3.45. The van der Waals surface area contributed by atoms with Crippen molar-refractivity contribution in [3.8, 4) is 50.6 Å². The lowest BCUT2D eigenvalue weighted by atomic mass is 9.91. The summed E-state index contributed by atoms with van der Waals surface area (Å²) < 4.78 is 33.8. The van der Waals surface area contributed by atoms with Crippen molar-refractivity contribution in [1.82, 2.24) is 0 Å². The van der Waals surface area contributed by atoms with Crippen LogP contribution in [0.2, 0.25) is 0 Å². The van der Waals surface area contributed by atoms with E-state index in [0.29, 0.717) is 22.6 Å². The van der Waals surface area contributed by atoms with Gasteiger partial charge in [-0.2, -0.15) is 5.26 Å². The molecule has 350 valence electrons. The number of hydrogen-bond donors (Lipinski definition) is 0. The van der Waals surface area contributed by atoms with Crippen molar-refractivity contribution < 1.29 is 8.78 Å². The van der Waals surface area contributed by atoms with E-state index < -0.39 is 0 Å². The third-order valence-corrected chi connectivity index (χ3v) is 14.2. The van der Waals surface area contributed by atoms with Gasteiger partial charge in [-0.15, -0.1) is 0 Å². The molecule has 74 heavy (non-hydrogen) atoms. The van der Waals surface area contributed by atoms with Gasteiger partial charge in [-0.05, 0) is 164 Å². The van der Waals surface area contributed by atoms with Crippen LogP contribution in [0.3, 0.4) is 0 Å². The van der Waals surface area contributed by atoms with Crippen LogP contribution in [-0.2, 0) is 0 Å². The number of aryl methyl sites for hydroxylation is 2. The van der Waals surface area contributed by atoms with Gasteiger partial charge in [-0.25, -0.2) is 13.6 Å². The zero-order chi connectivity index (χ0) is 50.5. The van der Waals surface area contributed by atoms with Crippen molar-refractivity contribution in [3.63, 3.8) is 0 Å². The van der Waals surface area contributed by atoms with Crippen molar-refractivity contribution >= 4 is 72.1 Å². The summed E-state index contributed by atoms with van der Waals surface area (Å²) in [7, 11) is 0. The molecule has 0 fully saturated rings. The van der Waals surface area contributed by atoms with Gasteiger partial charge in [0.05, 0.1) is 41.0 Å². The summed E-state index contributed by atoms with van der Waals surface area (Å²) in [6.07, 6.45) is 0. The summed E-state index contributed by atoms with van der Waals surface area (Å²) in [5.41, 5.74) is 14.2. The highest BCUT2D eigenvalue weighted by Gasteiger charge is 2.27. The third kappa shape index (κ3) is 8.02. The van der Waals surface area contributed by atoms with E-state index in [2.05, 4.69) is 125 Å². The standard InChI is InChI=1S/C68H44F2N4/c1-43-12-10-18-61(69)67(43)73(57-38-52(46-14-6-4-7-15-46)36-54(40-57)48-22-20-45(42-71)21-23-48)63-34-28-50-27-33-60-64(35-29-51-26-32-59(63)65(50)66(51)60)74(68-44(2)13-11-19-62(68)70)58-39-53(47-16-8-5-9-17-47)37-55(41-58)49-24-30-56(72-3)31-25-49/h4-41H,1-2H3. The average molecular weight is 955 g/mol. The molecule has 0 aliphatic carbocycles. The van der Waals surface area contributed by atoms with E-state index in [1.54, 1.807) is 12.1 Å². The molecule has 0 bridgehead atoms. The fourth-order valence-electron chi connectivity index (χ4n) is 10.6. The van der Waals surface area contributed by atoms with Gasteiger partial charge >= 0.3 is 0 Å². The Morgan fingerprint density at radius 1 is 0.405 bits per heavy atom. The molecule has 6 heteroatoms. The van der Waals surface area contributed by atoms with Crippen LogP contribution in [-0.4, -0.2) is 0 Å². The Hall–Kier alpha value is -9.88. The number of benzene rings is 12. The molecule has 0 heterocycles. The fraction of sp³-hybridized carbons (Fsp3) is 0.0294. The quantitative estimate of drug-likeness (QED) is 0.101. The Labute approximate surface area is 428 Å². The van der Waals surface area contributed by atoms with Crippen molar-refractivity contribution in [2.45, 2.75) is 13.8 Å². The maximum atomic E-state index is 16.9. The molecule has 0 spiro atoms. The minimum absolute atomic E-state index is 0.361. The van der Waals surface area contributed by atoms with Crippen molar-refractivity contribution in [1.29, 1.82) is 5.26 Å². The first-order chi connectivity index (χ1) is 36.2. The lowest BCUT2D eigenvalue weighted by Gasteiger charge is -2.31. The molecular formula is C68H44F2N4. The number of hydrogen-bond acceptors (Lipinski definition) is 3. The second kappa shape index (κ2) is 18.7. The van der Waals surface area contributed by atoms with E-state index in [-0.39, 0.29) is 11.6 Å². The summed E-state index contributed by atoms with van der Waals surface area (Å²) in [5, 5.41) is 15.5. The summed E-state index contributed by atoms with van der Waals surface area (Å²) in [6.45, 7) is 11.5. The van der Waals surface area contributed by atoms with E-state index in [1.807, 2.05) is 116 Å². The lowest BCUT2D eigenvalue weighted by molar-refractivity contribution is 0.627. The Morgan fingerprint density at radius 3 is 1.19 bits per heavy atom. The molecule has 0 radical (unpaired) electrons. The first-order valence-corrected chi connectivity index (χ1v) is 24.4. The van der Waals surface area contributed by atoms with Crippen molar-refractivity contribution in [3.05, 3.63) is 270 Å². The van der Waals surface area contributed by atoms with Gasteiger partial charge in [0.1, 0.15) is 11.6 Å². The molecule has 0 atom stereocenters.